The van der Waals surface area contributed by atoms with Gasteiger partial charge in [-0.15, -0.1) is 0 Å². The van der Waals surface area contributed by atoms with Gasteiger partial charge in [-0.3, -0.25) is 0 Å². The summed E-state index contributed by atoms with van der Waals surface area (Å²) in [6.07, 6.45) is 13.9. The van der Waals surface area contributed by atoms with Crippen LogP contribution in [0.4, 0.5) is 0 Å². The van der Waals surface area contributed by atoms with E-state index < -0.39 is 26.4 Å². The van der Waals surface area contributed by atoms with Crippen molar-refractivity contribution in [2.75, 3.05) is 13.2 Å². The van der Waals surface area contributed by atoms with E-state index in [0.717, 1.165) is 19.3 Å². The van der Waals surface area contributed by atoms with Crippen molar-refractivity contribution in [1.29, 1.82) is 0 Å². The van der Waals surface area contributed by atoms with Gasteiger partial charge in [-0.05, 0) is 80.5 Å². The van der Waals surface area contributed by atoms with Gasteiger partial charge in [-0.25, -0.2) is 0 Å². The molecule has 1 aromatic rings. The Balaban J connectivity index is 1.73. The van der Waals surface area contributed by atoms with Crippen LogP contribution >= 0.6 is 0 Å². The van der Waals surface area contributed by atoms with Gasteiger partial charge in [0.15, 0.2) is 0 Å². The van der Waals surface area contributed by atoms with Crippen LogP contribution in [0.1, 0.15) is 84.1 Å². The molecule has 0 bridgehead atoms. The van der Waals surface area contributed by atoms with E-state index >= 15 is 0 Å². The maximum absolute atomic E-state index is 7.41. The molecule has 3 fully saturated rings. The molecule has 1 unspecified atom stereocenters. The van der Waals surface area contributed by atoms with Gasteiger partial charge in [-0.1, -0.05) is 74.6 Å². The number of hydrogen-bond acceptors (Lipinski definition) is 3. The first-order valence-corrected chi connectivity index (χ1v) is 19.7. The van der Waals surface area contributed by atoms with E-state index in [-0.39, 0.29) is 5.60 Å². The van der Waals surface area contributed by atoms with Crippen LogP contribution in [0.5, 0.6) is 0 Å². The van der Waals surface area contributed by atoms with Crippen molar-refractivity contribution >= 4 is 31.6 Å². The van der Waals surface area contributed by atoms with Crippen LogP contribution in [0.2, 0.25) is 24.2 Å². The van der Waals surface area contributed by atoms with E-state index in [4.69, 9.17) is 13.3 Å². The van der Waals surface area contributed by atoms with E-state index in [1.54, 1.807) is 10.4 Å². The number of allylic oxidation sites excluding steroid dienone is 2. The Labute approximate surface area is 213 Å². The molecule has 34 heavy (non-hydrogen) atoms. The smallest absolute Gasteiger partial charge is 0.252 e. The number of benzene rings is 1. The molecule has 3 aliphatic heterocycles. The molecular formula is C28H46O3Si3. The third kappa shape index (κ3) is 6.83. The zero-order chi connectivity index (χ0) is 23.9. The third-order valence-electron chi connectivity index (χ3n) is 7.77. The van der Waals surface area contributed by atoms with Gasteiger partial charge < -0.3 is 13.3 Å². The highest BCUT2D eigenvalue weighted by molar-refractivity contribution is 6.94. The van der Waals surface area contributed by atoms with Crippen LogP contribution < -0.4 is 5.19 Å². The molecule has 1 aromatic carbocycles. The summed E-state index contributed by atoms with van der Waals surface area (Å²) in [7, 11) is -3.86. The molecule has 3 aliphatic rings. The van der Waals surface area contributed by atoms with Crippen molar-refractivity contribution in [3.63, 3.8) is 0 Å². The number of unbranched alkanes of at least 4 members (excludes halogenated alkanes) is 2. The fraction of sp³-hybridized carbons (Fsp3) is 0.714. The van der Waals surface area contributed by atoms with Gasteiger partial charge in [0, 0.05) is 13.2 Å². The van der Waals surface area contributed by atoms with Crippen LogP contribution in [0.25, 0.3) is 0 Å². The maximum Gasteiger partial charge on any atom is 0.252 e. The quantitative estimate of drug-likeness (QED) is 0.269. The molecule has 6 heteroatoms. The van der Waals surface area contributed by atoms with E-state index in [2.05, 4.69) is 51.1 Å². The van der Waals surface area contributed by atoms with E-state index in [1.165, 1.54) is 87.5 Å². The highest BCUT2D eigenvalue weighted by Gasteiger charge is 2.49. The highest BCUT2D eigenvalue weighted by Crippen LogP contribution is 2.40. The Morgan fingerprint density at radius 3 is 2.41 bits per heavy atom. The monoisotopic (exact) mass is 514 g/mol. The minimum atomic E-state index is -2.32. The fourth-order valence-corrected chi connectivity index (χ4v) is 16.7. The second-order valence-corrected chi connectivity index (χ2v) is 19.1. The summed E-state index contributed by atoms with van der Waals surface area (Å²) in [5.41, 5.74) is 1.48. The molecule has 188 valence electrons. The Kier molecular flexibility index (Phi) is 9.87. The second kappa shape index (κ2) is 12.6. The van der Waals surface area contributed by atoms with Gasteiger partial charge in [-0.2, -0.15) is 0 Å². The first-order valence-electron chi connectivity index (χ1n) is 14.0. The summed E-state index contributed by atoms with van der Waals surface area (Å²) in [5.74, 6) is 0. The van der Waals surface area contributed by atoms with Crippen molar-refractivity contribution in [1.82, 2.24) is 0 Å². The van der Waals surface area contributed by atoms with Gasteiger partial charge in [0.2, 0.25) is 18.1 Å². The molecule has 2 radical (unpaired) electrons. The fourth-order valence-electron chi connectivity index (χ4n) is 5.98. The van der Waals surface area contributed by atoms with Crippen molar-refractivity contribution in [2.45, 2.75) is 114 Å². The van der Waals surface area contributed by atoms with E-state index in [9.17, 15) is 0 Å². The van der Waals surface area contributed by atoms with Crippen molar-refractivity contribution in [2.24, 2.45) is 0 Å². The Bertz CT molecular complexity index is 800. The predicted octanol–water partition coefficient (Wildman–Crippen LogP) is 6.77. The third-order valence-corrected chi connectivity index (χ3v) is 17.5. The van der Waals surface area contributed by atoms with E-state index in [1.807, 2.05) is 0 Å². The number of hydrogen-bond donors (Lipinski definition) is 0. The van der Waals surface area contributed by atoms with Crippen LogP contribution in [0.3, 0.4) is 0 Å². The lowest BCUT2D eigenvalue weighted by molar-refractivity contribution is 0.0755. The molecule has 3 saturated heterocycles. The van der Waals surface area contributed by atoms with Crippen molar-refractivity contribution in [3.05, 3.63) is 41.1 Å². The van der Waals surface area contributed by atoms with Gasteiger partial charge in [0.1, 0.15) is 0 Å². The SMILES string of the molecule is CCCCC=C(C[Si]1CCCCO1)[Si]1(c2ccccc2C[Si]2CCCCO2)CCCC(C)(C)O1. The predicted molar refractivity (Wildman–Crippen MR) is 149 cm³/mol. The topological polar surface area (TPSA) is 27.7 Å². The van der Waals surface area contributed by atoms with Gasteiger partial charge >= 0.3 is 0 Å². The first-order chi connectivity index (χ1) is 16.5. The van der Waals surface area contributed by atoms with Crippen LogP contribution in [-0.2, 0) is 19.3 Å². The molecular weight excluding hydrogens is 469 g/mol. The summed E-state index contributed by atoms with van der Waals surface area (Å²) in [6.45, 7) is 8.91. The highest BCUT2D eigenvalue weighted by atomic mass is 28.4. The molecule has 4 rings (SSSR count). The molecule has 0 aromatic heterocycles. The zero-order valence-corrected chi connectivity index (χ0v) is 24.9. The summed E-state index contributed by atoms with van der Waals surface area (Å²) in [6, 6.07) is 15.5. The second-order valence-electron chi connectivity index (χ2n) is 11.1. The molecule has 1 atom stereocenters. The molecule has 0 aliphatic carbocycles. The molecule has 3 heterocycles. The average molecular weight is 515 g/mol. The summed E-state index contributed by atoms with van der Waals surface area (Å²) in [4.78, 5) is 0. The van der Waals surface area contributed by atoms with Crippen LogP contribution in [0, 0.1) is 0 Å². The standard InChI is InChI=1S/C28H46O3Si3/c1-4-5-6-15-26(24-33-21-12-10-19-30-33)34(22-13-17-28(2,3)31-34)27-16-8-7-14-25(27)23-32-20-11-9-18-29-32/h7-8,14-16H,4-6,9-13,17-24H2,1-3H3. The zero-order valence-electron chi connectivity index (χ0n) is 21.9. The van der Waals surface area contributed by atoms with Crippen LogP contribution in [0.15, 0.2) is 35.5 Å². The summed E-state index contributed by atoms with van der Waals surface area (Å²) >= 11 is 0. The molecule has 0 spiro atoms. The van der Waals surface area contributed by atoms with Crippen molar-refractivity contribution in [3.8, 4) is 0 Å². The maximum atomic E-state index is 7.41. The molecule has 0 saturated carbocycles. The minimum absolute atomic E-state index is 0.0536. The summed E-state index contributed by atoms with van der Waals surface area (Å²) < 4.78 is 20.1. The van der Waals surface area contributed by atoms with Gasteiger partial charge in [0.05, 0.1) is 5.60 Å². The Morgan fingerprint density at radius 1 is 1.00 bits per heavy atom. The minimum Gasteiger partial charge on any atom is -0.416 e. The first kappa shape index (κ1) is 26.6. The van der Waals surface area contributed by atoms with Crippen LogP contribution in [-0.4, -0.2) is 45.2 Å². The average Bonchev–Trinajstić information content (AvgIpc) is 2.84. The molecule has 3 nitrogen and oxygen atoms in total. The normalized spacial score (nSPS) is 27.1. The molecule has 0 N–H and O–H groups in total. The van der Waals surface area contributed by atoms with E-state index in [0.29, 0.717) is 0 Å². The number of rotatable bonds is 9. The van der Waals surface area contributed by atoms with Crippen molar-refractivity contribution < 1.29 is 13.3 Å². The lowest BCUT2D eigenvalue weighted by atomic mass is 10.0. The summed E-state index contributed by atoms with van der Waals surface area (Å²) in [5, 5.41) is 3.23. The Morgan fingerprint density at radius 2 is 1.74 bits per heavy atom. The molecule has 0 amide bonds. The lowest BCUT2D eigenvalue weighted by Crippen LogP contribution is -2.61. The Hall–Kier alpha value is -0.509. The van der Waals surface area contributed by atoms with Gasteiger partial charge in [0.25, 0.3) is 8.32 Å². The largest absolute Gasteiger partial charge is 0.416 e. The lowest BCUT2D eigenvalue weighted by Gasteiger charge is -2.47.